The molecule has 0 spiro atoms. The highest BCUT2D eigenvalue weighted by atomic mass is 32.2. The molecule has 1 amide bonds. The molecular formula is C33H41N5O5S. The molecule has 0 radical (unpaired) electrons. The van der Waals surface area contributed by atoms with Gasteiger partial charge in [-0.25, -0.2) is 4.98 Å². The SMILES string of the molecule is COc1ccc(C2C3=C(CC(C)(C)CC3=O)Nc3ccccc3N2CC(=O)NCCSCc2nc[nH]c2C)c(OC)c1OC. The molecule has 1 unspecified atom stereocenters. The number of hydrogen-bond donors (Lipinski definition) is 3. The molecule has 0 saturated heterocycles. The Bertz CT molecular complexity index is 1570. The number of Topliss-reactive ketones (excluding diaryl/α,β-unsaturated/α-hetero) is 1. The quantitative estimate of drug-likeness (QED) is 0.242. The summed E-state index contributed by atoms with van der Waals surface area (Å²) in [6.45, 7) is 6.75. The third-order valence-corrected chi connectivity index (χ3v) is 9.06. The van der Waals surface area contributed by atoms with E-state index in [0.717, 1.165) is 40.0 Å². The number of nitrogens with zero attached hydrogens (tertiary/aromatic N) is 2. The molecule has 0 bridgehead atoms. The zero-order valence-electron chi connectivity index (χ0n) is 26.2. The summed E-state index contributed by atoms with van der Waals surface area (Å²) in [5.74, 6) is 2.80. The first-order chi connectivity index (χ1) is 21.2. The van der Waals surface area contributed by atoms with Gasteiger partial charge in [0.2, 0.25) is 11.7 Å². The molecule has 11 heteroatoms. The van der Waals surface area contributed by atoms with Gasteiger partial charge in [-0.1, -0.05) is 26.0 Å². The number of benzene rings is 2. The Morgan fingerprint density at radius 3 is 2.57 bits per heavy atom. The number of carbonyl (C=O) groups excluding carboxylic acids is 2. The Kier molecular flexibility index (Phi) is 9.43. The molecule has 44 heavy (non-hydrogen) atoms. The number of ketones is 1. The lowest BCUT2D eigenvalue weighted by Crippen LogP contribution is -2.42. The Balaban J connectivity index is 1.52. The number of carbonyl (C=O) groups is 2. The van der Waals surface area contributed by atoms with E-state index in [4.69, 9.17) is 14.2 Å². The number of nitrogens with one attached hydrogen (secondary N) is 3. The first-order valence-corrected chi connectivity index (χ1v) is 15.8. The summed E-state index contributed by atoms with van der Waals surface area (Å²) in [5.41, 5.74) is 5.70. The number of allylic oxidation sites excluding steroid dienone is 1. The molecule has 3 N–H and O–H groups in total. The van der Waals surface area contributed by atoms with Crippen molar-refractivity contribution in [1.82, 2.24) is 15.3 Å². The molecule has 1 atom stereocenters. The van der Waals surface area contributed by atoms with Gasteiger partial charge in [0.15, 0.2) is 17.3 Å². The van der Waals surface area contributed by atoms with Crippen molar-refractivity contribution in [3.05, 3.63) is 70.9 Å². The minimum atomic E-state index is -0.623. The highest BCUT2D eigenvalue weighted by Crippen LogP contribution is 2.52. The second-order valence-electron chi connectivity index (χ2n) is 11.8. The van der Waals surface area contributed by atoms with E-state index >= 15 is 0 Å². The van der Waals surface area contributed by atoms with Crippen molar-refractivity contribution in [2.45, 2.75) is 45.4 Å². The lowest BCUT2D eigenvalue weighted by Gasteiger charge is -2.38. The van der Waals surface area contributed by atoms with Gasteiger partial charge in [0.1, 0.15) is 0 Å². The van der Waals surface area contributed by atoms with E-state index in [1.807, 2.05) is 48.2 Å². The minimum absolute atomic E-state index is 0.0253. The smallest absolute Gasteiger partial charge is 0.239 e. The predicted octanol–water partition coefficient (Wildman–Crippen LogP) is 5.41. The number of H-pyrrole nitrogens is 1. The summed E-state index contributed by atoms with van der Waals surface area (Å²) >= 11 is 1.71. The molecule has 234 valence electrons. The fraction of sp³-hybridized carbons (Fsp3) is 0.424. The average Bonchev–Trinajstić information content (AvgIpc) is 3.35. The summed E-state index contributed by atoms with van der Waals surface area (Å²) < 4.78 is 17.2. The van der Waals surface area contributed by atoms with E-state index in [9.17, 15) is 9.59 Å². The second kappa shape index (κ2) is 13.3. The van der Waals surface area contributed by atoms with Crippen molar-refractivity contribution in [1.29, 1.82) is 0 Å². The van der Waals surface area contributed by atoms with Crippen molar-refractivity contribution in [3.8, 4) is 17.2 Å². The molecule has 2 aromatic carbocycles. The zero-order valence-corrected chi connectivity index (χ0v) is 27.0. The Hall–Kier alpha value is -4.12. The third kappa shape index (κ3) is 6.38. The molecule has 10 nitrogen and oxygen atoms in total. The van der Waals surface area contributed by atoms with Gasteiger partial charge in [0, 0.05) is 47.0 Å². The Labute approximate surface area is 262 Å². The number of amides is 1. The Morgan fingerprint density at radius 2 is 1.86 bits per heavy atom. The lowest BCUT2D eigenvalue weighted by atomic mass is 9.73. The van der Waals surface area contributed by atoms with E-state index in [-0.39, 0.29) is 23.7 Å². The number of thioether (sulfide) groups is 1. The predicted molar refractivity (Wildman–Crippen MR) is 174 cm³/mol. The van der Waals surface area contributed by atoms with E-state index < -0.39 is 6.04 Å². The van der Waals surface area contributed by atoms with E-state index in [2.05, 4.69) is 34.4 Å². The van der Waals surface area contributed by atoms with Crippen LogP contribution in [0.1, 0.15) is 49.7 Å². The molecule has 5 rings (SSSR count). The summed E-state index contributed by atoms with van der Waals surface area (Å²) in [5, 5.41) is 6.68. The monoisotopic (exact) mass is 619 g/mol. The number of para-hydroxylation sites is 2. The number of aromatic amines is 1. The van der Waals surface area contributed by atoms with Crippen molar-refractivity contribution in [3.63, 3.8) is 0 Å². The molecule has 0 saturated carbocycles. The van der Waals surface area contributed by atoms with Gasteiger partial charge in [0.25, 0.3) is 0 Å². The van der Waals surface area contributed by atoms with Crippen LogP contribution >= 0.6 is 11.8 Å². The summed E-state index contributed by atoms with van der Waals surface area (Å²) in [7, 11) is 4.70. The molecule has 3 aromatic rings. The number of anilines is 2. The number of fused-ring (bicyclic) bond motifs is 1. The molecular weight excluding hydrogens is 578 g/mol. The van der Waals surface area contributed by atoms with Crippen LogP contribution < -0.4 is 29.7 Å². The maximum absolute atomic E-state index is 14.1. The van der Waals surface area contributed by atoms with Crippen LogP contribution in [0, 0.1) is 12.3 Å². The number of methoxy groups -OCH3 is 3. The van der Waals surface area contributed by atoms with Crippen LogP contribution in [-0.4, -0.2) is 61.8 Å². The van der Waals surface area contributed by atoms with Crippen LogP contribution in [0.4, 0.5) is 11.4 Å². The standard InChI is InChI=1S/C33H41N5O5S/c1-20-24(36-19-35-20)18-44-14-13-34-28(40)17-38-25-10-8-7-9-22(25)37-23-15-33(2,3)16-26(39)29(23)30(38)21-11-12-27(41-4)32(43-6)31(21)42-5/h7-12,19,30,37H,13-18H2,1-6H3,(H,34,40)(H,35,36). The second-order valence-corrected chi connectivity index (χ2v) is 12.9. The van der Waals surface area contributed by atoms with Crippen LogP contribution in [-0.2, 0) is 15.3 Å². The van der Waals surface area contributed by atoms with Gasteiger partial charge in [-0.2, -0.15) is 11.8 Å². The zero-order chi connectivity index (χ0) is 31.4. The first-order valence-electron chi connectivity index (χ1n) is 14.7. The number of hydrogen-bond acceptors (Lipinski definition) is 9. The fourth-order valence-electron chi connectivity index (χ4n) is 6.07. The lowest BCUT2D eigenvalue weighted by molar-refractivity contribution is -0.120. The van der Waals surface area contributed by atoms with Crippen molar-refractivity contribution >= 4 is 34.8 Å². The van der Waals surface area contributed by atoms with E-state index in [1.54, 1.807) is 39.4 Å². The van der Waals surface area contributed by atoms with Crippen LogP contribution in [0.3, 0.4) is 0 Å². The maximum atomic E-state index is 14.1. The molecule has 1 aromatic heterocycles. The number of imidazole rings is 1. The van der Waals surface area contributed by atoms with Crippen LogP contribution in [0.2, 0.25) is 0 Å². The number of ether oxygens (including phenoxy) is 3. The summed E-state index contributed by atoms with van der Waals surface area (Å²) in [4.78, 5) is 37.1. The molecule has 1 aliphatic carbocycles. The summed E-state index contributed by atoms with van der Waals surface area (Å²) in [6, 6.07) is 10.9. The highest BCUT2D eigenvalue weighted by Gasteiger charge is 2.43. The number of rotatable bonds is 11. The Morgan fingerprint density at radius 1 is 1.09 bits per heavy atom. The molecule has 1 aliphatic heterocycles. The largest absolute Gasteiger partial charge is 0.493 e. The normalized spacial score (nSPS) is 17.3. The van der Waals surface area contributed by atoms with Gasteiger partial charge in [0.05, 0.1) is 57.3 Å². The first kappa shape index (κ1) is 31.3. The topological polar surface area (TPSA) is 118 Å². The van der Waals surface area contributed by atoms with Gasteiger partial charge in [-0.05, 0) is 43.0 Å². The molecule has 2 aliphatic rings. The average molecular weight is 620 g/mol. The fourth-order valence-corrected chi connectivity index (χ4v) is 6.94. The van der Waals surface area contributed by atoms with Crippen molar-refractivity contribution in [2.75, 3.05) is 50.4 Å². The van der Waals surface area contributed by atoms with E-state index in [1.165, 1.54) is 0 Å². The van der Waals surface area contributed by atoms with Crippen LogP contribution in [0.5, 0.6) is 17.2 Å². The maximum Gasteiger partial charge on any atom is 0.239 e. The number of aryl methyl sites for hydroxylation is 1. The van der Waals surface area contributed by atoms with Gasteiger partial charge < -0.3 is 34.7 Å². The van der Waals surface area contributed by atoms with Gasteiger partial charge >= 0.3 is 0 Å². The van der Waals surface area contributed by atoms with Crippen molar-refractivity contribution in [2.24, 2.45) is 5.41 Å². The minimum Gasteiger partial charge on any atom is -0.493 e. The molecule has 2 heterocycles. The van der Waals surface area contributed by atoms with Crippen molar-refractivity contribution < 1.29 is 23.8 Å². The summed E-state index contributed by atoms with van der Waals surface area (Å²) in [6.07, 6.45) is 2.77. The number of aromatic nitrogens is 2. The van der Waals surface area contributed by atoms with Gasteiger partial charge in [-0.15, -0.1) is 0 Å². The van der Waals surface area contributed by atoms with Crippen LogP contribution in [0.25, 0.3) is 0 Å². The van der Waals surface area contributed by atoms with E-state index in [0.29, 0.717) is 47.8 Å². The third-order valence-electron chi connectivity index (χ3n) is 8.09. The molecule has 0 fully saturated rings. The highest BCUT2D eigenvalue weighted by molar-refractivity contribution is 7.98. The van der Waals surface area contributed by atoms with Gasteiger partial charge in [-0.3, -0.25) is 9.59 Å². The van der Waals surface area contributed by atoms with Crippen LogP contribution in [0.15, 0.2) is 54.0 Å².